The van der Waals surface area contributed by atoms with Gasteiger partial charge in [0.25, 0.3) is 0 Å². The summed E-state index contributed by atoms with van der Waals surface area (Å²) in [4.78, 5) is 32.8. The molecule has 0 spiro atoms. The van der Waals surface area contributed by atoms with Crippen LogP contribution in [0, 0.1) is 0 Å². The molecule has 0 fully saturated rings. The molecule has 0 radical (unpaired) electrons. The van der Waals surface area contributed by atoms with E-state index in [4.69, 9.17) is 0 Å². The molecule has 1 rings (SSSR count). The summed E-state index contributed by atoms with van der Waals surface area (Å²) in [6.45, 7) is 1.24. The second-order valence-electron chi connectivity index (χ2n) is 3.81. The summed E-state index contributed by atoms with van der Waals surface area (Å²) in [5, 5.41) is 1.66. The van der Waals surface area contributed by atoms with Gasteiger partial charge in [-0.05, 0) is 0 Å². The third-order valence-corrected chi connectivity index (χ3v) is 3.28. The van der Waals surface area contributed by atoms with Crippen molar-refractivity contribution in [3.05, 3.63) is 35.9 Å². The van der Waals surface area contributed by atoms with Crippen LogP contribution < -0.4 is 5.32 Å². The van der Waals surface area contributed by atoms with E-state index in [0.29, 0.717) is 5.56 Å². The van der Waals surface area contributed by atoms with Crippen LogP contribution in [0.3, 0.4) is 0 Å². The van der Waals surface area contributed by atoms with Crippen molar-refractivity contribution in [3.8, 4) is 0 Å². The van der Waals surface area contributed by atoms with E-state index in [2.05, 4.69) is 30.6 Å². The molecule has 1 aromatic rings. The number of benzene rings is 1. The lowest BCUT2D eigenvalue weighted by atomic mass is 10.0. The van der Waals surface area contributed by atoms with Crippen molar-refractivity contribution in [3.63, 3.8) is 0 Å². The van der Waals surface area contributed by atoms with Crippen molar-refractivity contribution < 1.29 is 14.4 Å². The maximum Gasteiger partial charge on any atom is 0.221 e. The van der Waals surface area contributed by atoms with Gasteiger partial charge in [0.15, 0.2) is 10.7 Å². The average molecular weight is 283 g/mol. The Hall–Kier alpha value is -1.27. The molecule has 1 amide bonds. The Balaban J connectivity index is 2.88. The molecule has 0 aliphatic heterocycles. The minimum absolute atomic E-state index is 0.248. The number of ketones is 1. The third kappa shape index (κ3) is 3.89. The van der Waals surface area contributed by atoms with E-state index in [1.165, 1.54) is 6.92 Å². The van der Waals surface area contributed by atoms with Crippen LogP contribution in [-0.4, -0.2) is 21.7 Å². The fourth-order valence-corrected chi connectivity index (χ4v) is 1.86. The fourth-order valence-electron chi connectivity index (χ4n) is 1.42. The smallest absolute Gasteiger partial charge is 0.221 e. The number of nitrogens with one attached hydrogen (secondary N) is 1. The maximum absolute atomic E-state index is 12.0. The van der Waals surface area contributed by atoms with Gasteiger partial charge in [-0.1, -0.05) is 30.3 Å². The number of rotatable bonds is 5. The molecule has 1 atom stereocenters. The van der Waals surface area contributed by atoms with Crippen LogP contribution in [0.5, 0.6) is 0 Å². The van der Waals surface area contributed by atoms with Gasteiger partial charge in [0.2, 0.25) is 11.0 Å². The van der Waals surface area contributed by atoms with E-state index in [9.17, 15) is 14.4 Å². The van der Waals surface area contributed by atoms with Crippen LogP contribution in [0.25, 0.3) is 0 Å². The van der Waals surface area contributed by atoms with Crippen molar-refractivity contribution >= 4 is 42.1 Å². The summed E-state index contributed by atoms with van der Waals surface area (Å²) in [5.74, 6) is -0.741. The van der Waals surface area contributed by atoms with Crippen LogP contribution in [0.2, 0.25) is 0 Å². The first-order valence-electron chi connectivity index (χ1n) is 5.18. The lowest BCUT2D eigenvalue weighted by Gasteiger charge is -2.24. The molecule has 4 nitrogen and oxygen atoms in total. The van der Waals surface area contributed by atoms with Crippen LogP contribution in [-0.2, 0) is 9.59 Å². The number of carbonyl (C=O) groups is 3. The number of carbonyl (C=O) groups excluding carboxylic acids is 3. The molecular formula is C12H13NO3S2. The van der Waals surface area contributed by atoms with E-state index in [-0.39, 0.29) is 12.2 Å². The van der Waals surface area contributed by atoms with Gasteiger partial charge in [-0.15, -0.1) is 25.3 Å². The monoisotopic (exact) mass is 283 g/mol. The van der Waals surface area contributed by atoms with Crippen molar-refractivity contribution in [2.75, 3.05) is 0 Å². The number of hydrogen-bond acceptors (Lipinski definition) is 4. The van der Waals surface area contributed by atoms with Crippen molar-refractivity contribution in [2.24, 2.45) is 0 Å². The Morgan fingerprint density at radius 2 is 1.78 bits per heavy atom. The highest BCUT2D eigenvalue weighted by Crippen LogP contribution is 2.22. The molecule has 96 valence electrons. The zero-order valence-corrected chi connectivity index (χ0v) is 11.5. The molecule has 0 aliphatic rings. The molecule has 0 heterocycles. The lowest BCUT2D eigenvalue weighted by molar-refractivity contribution is -0.123. The molecule has 0 aromatic heterocycles. The second kappa shape index (κ2) is 6.06. The molecule has 6 heteroatoms. The first-order valence-corrected chi connectivity index (χ1v) is 6.07. The zero-order chi connectivity index (χ0) is 13.8. The van der Waals surface area contributed by atoms with Crippen LogP contribution in [0.1, 0.15) is 23.7 Å². The van der Waals surface area contributed by atoms with Gasteiger partial charge in [0.05, 0.1) is 6.42 Å². The largest absolute Gasteiger partial charge is 0.334 e. The maximum atomic E-state index is 12.0. The van der Waals surface area contributed by atoms with Crippen molar-refractivity contribution in [1.82, 2.24) is 5.32 Å². The van der Waals surface area contributed by atoms with E-state index < -0.39 is 15.9 Å². The van der Waals surface area contributed by atoms with Gasteiger partial charge < -0.3 is 5.32 Å². The summed E-state index contributed by atoms with van der Waals surface area (Å²) in [7, 11) is 0. The Morgan fingerprint density at radius 1 is 1.22 bits per heavy atom. The summed E-state index contributed by atoms with van der Waals surface area (Å²) < 4.78 is 0. The summed E-state index contributed by atoms with van der Waals surface area (Å²) in [5.41, 5.74) is 0.455. The normalized spacial score (nSPS) is 13.5. The minimum Gasteiger partial charge on any atom is -0.334 e. The summed E-state index contributed by atoms with van der Waals surface area (Å²) in [6, 6.07) is 8.48. The van der Waals surface area contributed by atoms with E-state index in [0.717, 1.165) is 0 Å². The molecule has 0 bridgehead atoms. The highest BCUT2D eigenvalue weighted by Gasteiger charge is 2.35. The van der Waals surface area contributed by atoms with Crippen LogP contribution in [0.15, 0.2) is 30.3 Å². The van der Waals surface area contributed by atoms with Gasteiger partial charge in [0, 0.05) is 12.5 Å². The Morgan fingerprint density at radius 3 is 2.22 bits per heavy atom. The molecular weight excluding hydrogens is 270 g/mol. The number of Topliss-reactive ketones (excluding diaryl/α,β-unsaturated/α-hetero) is 1. The van der Waals surface area contributed by atoms with E-state index >= 15 is 0 Å². The lowest BCUT2D eigenvalue weighted by Crippen LogP contribution is -2.49. The molecule has 0 saturated carbocycles. The average Bonchev–Trinajstić information content (AvgIpc) is 2.28. The van der Waals surface area contributed by atoms with Crippen molar-refractivity contribution in [1.29, 1.82) is 0 Å². The number of amides is 1. The SMILES string of the molecule is CC(=O)NC(S)(CC(=O)c1ccccc1)C(=O)S. The van der Waals surface area contributed by atoms with Gasteiger partial charge in [-0.2, -0.15) is 0 Å². The Labute approximate surface area is 116 Å². The molecule has 0 saturated heterocycles. The number of hydrogen-bond donors (Lipinski definition) is 3. The van der Waals surface area contributed by atoms with Gasteiger partial charge >= 0.3 is 0 Å². The molecule has 1 N–H and O–H groups in total. The number of thiol groups is 2. The highest BCUT2D eigenvalue weighted by atomic mass is 32.1. The topological polar surface area (TPSA) is 63.2 Å². The van der Waals surface area contributed by atoms with Crippen molar-refractivity contribution in [2.45, 2.75) is 18.2 Å². The van der Waals surface area contributed by atoms with Crippen LogP contribution in [0.4, 0.5) is 0 Å². The highest BCUT2D eigenvalue weighted by molar-refractivity contribution is 7.99. The third-order valence-electron chi connectivity index (χ3n) is 2.25. The Kier molecular flexibility index (Phi) is 4.98. The van der Waals surface area contributed by atoms with Gasteiger partial charge in [-0.3, -0.25) is 14.4 Å². The first kappa shape index (κ1) is 14.8. The molecule has 18 heavy (non-hydrogen) atoms. The second-order valence-corrected chi connectivity index (χ2v) is 4.98. The van der Waals surface area contributed by atoms with Gasteiger partial charge in [-0.25, -0.2) is 0 Å². The van der Waals surface area contributed by atoms with Gasteiger partial charge in [0.1, 0.15) is 0 Å². The molecule has 1 unspecified atom stereocenters. The van der Waals surface area contributed by atoms with E-state index in [1.807, 2.05) is 0 Å². The summed E-state index contributed by atoms with van der Waals surface area (Å²) >= 11 is 7.72. The predicted molar refractivity (Wildman–Crippen MR) is 74.9 cm³/mol. The minimum atomic E-state index is -1.58. The zero-order valence-electron chi connectivity index (χ0n) is 9.71. The Bertz CT molecular complexity index is 475. The fraction of sp³-hybridized carbons (Fsp3) is 0.250. The predicted octanol–water partition coefficient (Wildman–Crippen LogP) is 1.48. The standard InChI is InChI=1S/C12H13NO3S2/c1-8(14)13-12(18,11(16)17)7-10(15)9-5-3-2-4-6-9/h2-6,18H,7H2,1H3,(H,13,14)(H,16,17). The first-order chi connectivity index (χ1) is 8.35. The van der Waals surface area contributed by atoms with E-state index in [1.54, 1.807) is 30.3 Å². The van der Waals surface area contributed by atoms with Crippen LogP contribution >= 0.6 is 25.3 Å². The summed E-state index contributed by atoms with van der Waals surface area (Å²) in [6.07, 6.45) is -0.248. The quantitative estimate of drug-likeness (QED) is 0.436. The molecule has 1 aromatic carbocycles. The molecule has 0 aliphatic carbocycles.